The Balaban J connectivity index is 1.59. The third-order valence-electron chi connectivity index (χ3n) is 5.15. The number of hydrogen-bond donors (Lipinski definition) is 2. The molecule has 3 heterocycles. The maximum Gasteiger partial charge on any atom is 0.254 e. The number of nitriles is 1. The summed E-state index contributed by atoms with van der Waals surface area (Å²) in [4.78, 5) is 14.1. The first-order valence-electron chi connectivity index (χ1n) is 9.46. The number of hydrogen-bond acceptors (Lipinski definition) is 7. The first kappa shape index (κ1) is 19.6. The summed E-state index contributed by atoms with van der Waals surface area (Å²) < 4.78 is 19.7. The fourth-order valence-corrected chi connectivity index (χ4v) is 3.61. The average molecular weight is 409 g/mol. The second kappa shape index (κ2) is 8.34. The van der Waals surface area contributed by atoms with Crippen molar-refractivity contribution in [2.45, 2.75) is 19.0 Å². The summed E-state index contributed by atoms with van der Waals surface area (Å²) in [5, 5.41) is 21.1. The van der Waals surface area contributed by atoms with E-state index in [4.69, 9.17) is 10.3 Å². The number of aromatic nitrogens is 3. The first-order chi connectivity index (χ1) is 14.5. The number of nitrogens with zero attached hydrogens (tertiary/aromatic N) is 5. The zero-order valence-corrected chi connectivity index (χ0v) is 16.0. The van der Waals surface area contributed by atoms with Crippen LogP contribution in [0.5, 0.6) is 0 Å². The van der Waals surface area contributed by atoms with Gasteiger partial charge in [0.2, 0.25) is 0 Å². The lowest BCUT2D eigenvalue weighted by atomic mass is 9.93. The highest BCUT2D eigenvalue weighted by Crippen LogP contribution is 2.30. The number of nitrogens with one attached hydrogen (secondary N) is 1. The van der Waals surface area contributed by atoms with Crippen LogP contribution in [0.2, 0.25) is 0 Å². The molecule has 2 aromatic heterocycles. The number of amides is 1. The molecule has 0 bridgehead atoms. The molecule has 1 saturated heterocycles. The number of anilines is 2. The van der Waals surface area contributed by atoms with Gasteiger partial charge in [-0.25, -0.2) is 4.39 Å². The monoisotopic (exact) mass is 409 g/mol. The summed E-state index contributed by atoms with van der Waals surface area (Å²) in [6.45, 7) is 1.89. The molecule has 9 nitrogen and oxygen atoms in total. The van der Waals surface area contributed by atoms with E-state index in [2.05, 4.69) is 26.5 Å². The Bertz CT molecular complexity index is 1060. The van der Waals surface area contributed by atoms with Gasteiger partial charge in [0.25, 0.3) is 5.91 Å². The van der Waals surface area contributed by atoms with E-state index in [9.17, 15) is 14.4 Å². The molecule has 0 spiro atoms. The first-order valence-corrected chi connectivity index (χ1v) is 9.46. The van der Waals surface area contributed by atoms with Crippen LogP contribution in [0, 0.1) is 23.1 Å². The molecular weight excluding hydrogens is 389 g/mol. The minimum atomic E-state index is -0.644. The highest BCUT2D eigenvalue weighted by Gasteiger charge is 2.32. The SMILES string of the molecule is N#C[C@@H]1CCN(Cc2ccon2)C[C@H]1n1cc(C(N)=O)c(Nc2ccc(F)cc2)n1. The lowest BCUT2D eigenvalue weighted by Gasteiger charge is -2.35. The summed E-state index contributed by atoms with van der Waals surface area (Å²) in [5.41, 5.74) is 7.11. The lowest BCUT2D eigenvalue weighted by molar-refractivity contribution is 0.1000. The van der Waals surface area contributed by atoms with Gasteiger partial charge >= 0.3 is 0 Å². The molecule has 1 aromatic carbocycles. The number of carbonyl (C=O) groups excluding carboxylic acids is 1. The Hall–Kier alpha value is -3.71. The average Bonchev–Trinajstić information content (AvgIpc) is 3.40. The third-order valence-corrected chi connectivity index (χ3v) is 5.15. The highest BCUT2D eigenvalue weighted by molar-refractivity contribution is 5.98. The molecular formula is C20H20FN7O2. The van der Waals surface area contributed by atoms with Crippen LogP contribution >= 0.6 is 0 Å². The van der Waals surface area contributed by atoms with E-state index in [0.29, 0.717) is 25.2 Å². The molecule has 3 aromatic rings. The number of carbonyl (C=O) groups is 1. The molecule has 1 aliphatic heterocycles. The zero-order valence-electron chi connectivity index (χ0n) is 16.0. The number of benzene rings is 1. The van der Waals surface area contributed by atoms with Gasteiger partial charge in [0.1, 0.15) is 17.6 Å². The Morgan fingerprint density at radius 2 is 2.17 bits per heavy atom. The minimum Gasteiger partial charge on any atom is -0.365 e. The molecule has 30 heavy (non-hydrogen) atoms. The van der Waals surface area contributed by atoms with Crippen LogP contribution in [-0.2, 0) is 6.54 Å². The Morgan fingerprint density at radius 3 is 2.83 bits per heavy atom. The molecule has 2 atom stereocenters. The van der Waals surface area contributed by atoms with E-state index in [1.165, 1.54) is 30.5 Å². The van der Waals surface area contributed by atoms with Crippen molar-refractivity contribution in [3.8, 4) is 6.07 Å². The maximum atomic E-state index is 13.2. The second-order valence-electron chi connectivity index (χ2n) is 7.19. The normalized spacial score (nSPS) is 19.3. The van der Waals surface area contributed by atoms with Crippen LogP contribution in [0.15, 0.2) is 47.3 Å². The van der Waals surface area contributed by atoms with Crippen molar-refractivity contribution in [3.05, 3.63) is 59.9 Å². The molecule has 0 unspecified atom stereocenters. The van der Waals surface area contributed by atoms with Crippen molar-refractivity contribution in [3.63, 3.8) is 0 Å². The summed E-state index contributed by atoms with van der Waals surface area (Å²) in [5.74, 6) is -1.01. The van der Waals surface area contributed by atoms with Gasteiger partial charge in [0.15, 0.2) is 5.82 Å². The quantitative estimate of drug-likeness (QED) is 0.640. The molecule has 0 radical (unpaired) electrons. The molecule has 1 amide bonds. The molecule has 1 aliphatic rings. The van der Waals surface area contributed by atoms with Gasteiger partial charge in [-0.05, 0) is 37.2 Å². The van der Waals surface area contributed by atoms with Gasteiger partial charge in [-0.15, -0.1) is 0 Å². The van der Waals surface area contributed by atoms with E-state index >= 15 is 0 Å². The molecule has 4 rings (SSSR count). The number of piperidine rings is 1. The van der Waals surface area contributed by atoms with E-state index < -0.39 is 5.91 Å². The van der Waals surface area contributed by atoms with Crippen molar-refractivity contribution >= 4 is 17.4 Å². The number of nitrogens with two attached hydrogens (primary N) is 1. The molecule has 154 valence electrons. The smallest absolute Gasteiger partial charge is 0.254 e. The molecule has 1 fully saturated rings. The van der Waals surface area contributed by atoms with Gasteiger partial charge < -0.3 is 15.6 Å². The van der Waals surface area contributed by atoms with Crippen LogP contribution in [0.4, 0.5) is 15.9 Å². The van der Waals surface area contributed by atoms with Crippen molar-refractivity contribution < 1.29 is 13.7 Å². The predicted octanol–water partition coefficient (Wildman–Crippen LogP) is 2.44. The maximum absolute atomic E-state index is 13.2. The predicted molar refractivity (Wildman–Crippen MR) is 105 cm³/mol. The van der Waals surface area contributed by atoms with E-state index in [-0.39, 0.29) is 29.2 Å². The standard InChI is InChI=1S/C20H20FN7O2/c21-14-1-3-15(4-2-14)24-20-17(19(23)29)11-28(25-20)18-12-27(7-5-13(18)9-22)10-16-6-8-30-26-16/h1-4,6,8,11,13,18H,5,7,10,12H2,(H2,23,29)(H,24,25)/t13-,18+/m0/s1. The summed E-state index contributed by atoms with van der Waals surface area (Å²) >= 11 is 0. The Kier molecular flexibility index (Phi) is 5.45. The van der Waals surface area contributed by atoms with Gasteiger partial charge in [-0.2, -0.15) is 10.4 Å². The van der Waals surface area contributed by atoms with Crippen LogP contribution < -0.4 is 11.1 Å². The Labute approximate surface area is 171 Å². The molecule has 0 saturated carbocycles. The molecule has 0 aliphatic carbocycles. The van der Waals surface area contributed by atoms with Crippen LogP contribution in [0.1, 0.15) is 28.5 Å². The largest absolute Gasteiger partial charge is 0.365 e. The topological polar surface area (TPSA) is 126 Å². The van der Waals surface area contributed by atoms with Gasteiger partial charge in [-0.3, -0.25) is 14.4 Å². The molecule has 10 heteroatoms. The van der Waals surface area contributed by atoms with Crippen molar-refractivity contribution in [1.82, 2.24) is 19.8 Å². The van der Waals surface area contributed by atoms with Crippen molar-refractivity contribution in [2.24, 2.45) is 11.7 Å². The zero-order chi connectivity index (χ0) is 21.1. The van der Waals surface area contributed by atoms with Gasteiger partial charge in [-0.1, -0.05) is 5.16 Å². The highest BCUT2D eigenvalue weighted by atomic mass is 19.1. The molecule has 3 N–H and O–H groups in total. The van der Waals surface area contributed by atoms with Gasteiger partial charge in [0, 0.05) is 31.0 Å². The summed E-state index contributed by atoms with van der Waals surface area (Å²) in [6, 6.07) is 9.57. The van der Waals surface area contributed by atoms with E-state index in [0.717, 1.165) is 12.2 Å². The number of primary amides is 1. The fraction of sp³-hybridized carbons (Fsp3) is 0.300. The van der Waals surface area contributed by atoms with Crippen LogP contribution in [0.25, 0.3) is 0 Å². The van der Waals surface area contributed by atoms with Crippen molar-refractivity contribution in [1.29, 1.82) is 5.26 Å². The Morgan fingerprint density at radius 1 is 1.37 bits per heavy atom. The van der Waals surface area contributed by atoms with Gasteiger partial charge in [0.05, 0.1) is 23.7 Å². The van der Waals surface area contributed by atoms with E-state index in [1.807, 2.05) is 0 Å². The fourth-order valence-electron chi connectivity index (χ4n) is 3.61. The van der Waals surface area contributed by atoms with E-state index in [1.54, 1.807) is 16.9 Å². The van der Waals surface area contributed by atoms with Crippen LogP contribution in [-0.4, -0.2) is 38.8 Å². The lowest BCUT2D eigenvalue weighted by Crippen LogP contribution is -2.41. The minimum absolute atomic E-state index is 0.199. The summed E-state index contributed by atoms with van der Waals surface area (Å²) in [7, 11) is 0. The van der Waals surface area contributed by atoms with Crippen molar-refractivity contribution in [2.75, 3.05) is 18.4 Å². The van der Waals surface area contributed by atoms with Crippen LogP contribution in [0.3, 0.4) is 0 Å². The second-order valence-corrected chi connectivity index (χ2v) is 7.19. The number of halogens is 1. The number of likely N-dealkylation sites (tertiary alicyclic amines) is 1. The number of rotatable bonds is 6. The summed E-state index contributed by atoms with van der Waals surface area (Å²) in [6.07, 6.45) is 3.74. The third kappa shape index (κ3) is 4.16.